The molecule has 2 unspecified atom stereocenters. The molecule has 19 heavy (non-hydrogen) atoms. The van der Waals surface area contributed by atoms with Gasteiger partial charge in [-0.25, -0.2) is 18.1 Å². The van der Waals surface area contributed by atoms with Crippen molar-refractivity contribution in [3.8, 4) is 0 Å². The van der Waals surface area contributed by atoms with Crippen LogP contribution in [0.4, 0.5) is 0 Å². The van der Waals surface area contributed by atoms with Crippen LogP contribution in [0.5, 0.6) is 0 Å². The third-order valence-corrected chi connectivity index (χ3v) is 5.89. The van der Waals surface area contributed by atoms with Gasteiger partial charge in [-0.15, -0.1) is 0 Å². The standard InChI is InChI=1S/C12H19N3O3S/c16-7-9-3-4-15-11(6-9)13-12(14-15)10-2-1-5-19(17,18)8-10/h9-10,16H,1-8H2. The van der Waals surface area contributed by atoms with Gasteiger partial charge in [-0.2, -0.15) is 5.10 Å². The van der Waals surface area contributed by atoms with E-state index in [0.717, 1.165) is 31.6 Å². The van der Waals surface area contributed by atoms with Crippen molar-refractivity contribution in [1.29, 1.82) is 0 Å². The summed E-state index contributed by atoms with van der Waals surface area (Å²) < 4.78 is 25.2. The maximum Gasteiger partial charge on any atom is 0.155 e. The monoisotopic (exact) mass is 285 g/mol. The average molecular weight is 285 g/mol. The molecule has 2 aliphatic rings. The Morgan fingerprint density at radius 1 is 1.37 bits per heavy atom. The third-order valence-electron chi connectivity index (χ3n) is 4.07. The second kappa shape index (κ2) is 4.86. The van der Waals surface area contributed by atoms with Crippen molar-refractivity contribution >= 4 is 9.84 Å². The molecule has 0 aromatic carbocycles. The summed E-state index contributed by atoms with van der Waals surface area (Å²) in [4.78, 5) is 4.51. The van der Waals surface area contributed by atoms with E-state index in [4.69, 9.17) is 0 Å². The number of sulfone groups is 1. The van der Waals surface area contributed by atoms with Gasteiger partial charge in [0.15, 0.2) is 15.7 Å². The SMILES string of the molecule is O=S1(=O)CCCC(c2nc3n(n2)CCC(CO)C3)C1. The van der Waals surface area contributed by atoms with E-state index in [9.17, 15) is 13.5 Å². The van der Waals surface area contributed by atoms with Crippen LogP contribution in [0.3, 0.4) is 0 Å². The first-order chi connectivity index (χ1) is 9.07. The van der Waals surface area contributed by atoms with Crippen LogP contribution in [0.1, 0.15) is 36.8 Å². The van der Waals surface area contributed by atoms with Gasteiger partial charge in [0.05, 0.1) is 11.5 Å². The average Bonchev–Trinajstić information content (AvgIpc) is 2.80. The van der Waals surface area contributed by atoms with Crippen molar-refractivity contribution in [3.63, 3.8) is 0 Å². The molecule has 6 nitrogen and oxygen atoms in total. The fourth-order valence-corrected chi connectivity index (χ4v) is 4.65. The molecule has 106 valence electrons. The number of nitrogens with zero attached hydrogens (tertiary/aromatic N) is 3. The highest BCUT2D eigenvalue weighted by molar-refractivity contribution is 7.91. The summed E-state index contributed by atoms with van der Waals surface area (Å²) in [5, 5.41) is 13.7. The molecule has 3 rings (SSSR count). The maximum atomic E-state index is 11.7. The van der Waals surface area contributed by atoms with E-state index in [1.807, 2.05) is 4.68 Å². The molecule has 2 atom stereocenters. The van der Waals surface area contributed by atoms with Crippen molar-refractivity contribution in [2.45, 2.75) is 38.1 Å². The van der Waals surface area contributed by atoms with Crippen molar-refractivity contribution in [2.24, 2.45) is 5.92 Å². The number of aliphatic hydroxyl groups is 1. The number of fused-ring (bicyclic) bond motifs is 1. The van der Waals surface area contributed by atoms with E-state index in [-0.39, 0.29) is 24.2 Å². The summed E-state index contributed by atoms with van der Waals surface area (Å²) in [5.41, 5.74) is 0. The molecule has 2 aliphatic heterocycles. The minimum Gasteiger partial charge on any atom is -0.396 e. The fourth-order valence-electron chi connectivity index (χ4n) is 2.94. The summed E-state index contributed by atoms with van der Waals surface area (Å²) in [5.74, 6) is 2.26. The first-order valence-electron chi connectivity index (χ1n) is 6.82. The van der Waals surface area contributed by atoms with Crippen LogP contribution in [-0.2, 0) is 22.8 Å². The van der Waals surface area contributed by atoms with E-state index in [1.54, 1.807) is 0 Å². The van der Waals surface area contributed by atoms with Crippen LogP contribution in [0.2, 0.25) is 0 Å². The molecule has 0 saturated carbocycles. The first kappa shape index (κ1) is 13.1. The van der Waals surface area contributed by atoms with Gasteiger partial charge in [-0.3, -0.25) is 0 Å². The Kier molecular flexibility index (Phi) is 3.34. The van der Waals surface area contributed by atoms with E-state index in [2.05, 4.69) is 10.1 Å². The molecule has 0 spiro atoms. The molecule has 7 heteroatoms. The predicted molar refractivity (Wildman–Crippen MR) is 69.5 cm³/mol. The predicted octanol–water partition coefficient (Wildman–Crippen LogP) is 0.125. The molecule has 0 amide bonds. The van der Waals surface area contributed by atoms with Crippen LogP contribution in [0, 0.1) is 5.92 Å². The van der Waals surface area contributed by atoms with Crippen LogP contribution < -0.4 is 0 Å². The number of aliphatic hydroxyl groups excluding tert-OH is 1. The molecule has 0 bridgehead atoms. The van der Waals surface area contributed by atoms with Crippen LogP contribution >= 0.6 is 0 Å². The quantitative estimate of drug-likeness (QED) is 0.834. The summed E-state index contributed by atoms with van der Waals surface area (Å²) >= 11 is 0. The minimum absolute atomic E-state index is 0.0515. The largest absolute Gasteiger partial charge is 0.396 e. The Morgan fingerprint density at radius 2 is 2.21 bits per heavy atom. The molecule has 1 N–H and O–H groups in total. The number of hydrogen-bond donors (Lipinski definition) is 1. The molecule has 1 fully saturated rings. The van der Waals surface area contributed by atoms with Gasteiger partial charge >= 0.3 is 0 Å². The Balaban J connectivity index is 1.81. The first-order valence-corrected chi connectivity index (χ1v) is 8.64. The van der Waals surface area contributed by atoms with Gasteiger partial charge in [0, 0.05) is 25.5 Å². The van der Waals surface area contributed by atoms with Gasteiger partial charge < -0.3 is 5.11 Å². The normalized spacial score (nSPS) is 29.9. The smallest absolute Gasteiger partial charge is 0.155 e. The maximum absolute atomic E-state index is 11.7. The van der Waals surface area contributed by atoms with Crippen LogP contribution in [-0.4, -0.2) is 46.4 Å². The number of aryl methyl sites for hydroxylation is 1. The van der Waals surface area contributed by atoms with E-state index < -0.39 is 9.84 Å². The third kappa shape index (κ3) is 2.67. The van der Waals surface area contributed by atoms with Gasteiger partial charge in [-0.1, -0.05) is 0 Å². The topological polar surface area (TPSA) is 85.1 Å². The highest BCUT2D eigenvalue weighted by Crippen LogP contribution is 2.28. The molecule has 0 radical (unpaired) electrons. The Hall–Kier alpha value is -0.950. The summed E-state index contributed by atoms with van der Waals surface area (Å²) in [6.45, 7) is 0.951. The zero-order valence-electron chi connectivity index (χ0n) is 10.8. The van der Waals surface area contributed by atoms with Gasteiger partial charge in [0.1, 0.15) is 5.82 Å². The van der Waals surface area contributed by atoms with Crippen molar-refractivity contribution in [3.05, 3.63) is 11.6 Å². The number of aromatic nitrogens is 3. The van der Waals surface area contributed by atoms with Crippen molar-refractivity contribution in [1.82, 2.24) is 14.8 Å². The molecule has 3 heterocycles. The lowest BCUT2D eigenvalue weighted by Crippen LogP contribution is -2.24. The van der Waals surface area contributed by atoms with Crippen molar-refractivity contribution in [2.75, 3.05) is 18.1 Å². The minimum atomic E-state index is -2.93. The second-order valence-electron chi connectivity index (χ2n) is 5.60. The summed E-state index contributed by atoms with van der Waals surface area (Å²) in [6.07, 6.45) is 3.21. The zero-order chi connectivity index (χ0) is 13.5. The van der Waals surface area contributed by atoms with Crippen LogP contribution in [0.15, 0.2) is 0 Å². The molecular weight excluding hydrogens is 266 g/mol. The lowest BCUT2D eigenvalue weighted by molar-refractivity contribution is 0.196. The highest BCUT2D eigenvalue weighted by Gasteiger charge is 2.30. The molecule has 1 aromatic rings. The highest BCUT2D eigenvalue weighted by atomic mass is 32.2. The molecule has 1 saturated heterocycles. The Morgan fingerprint density at radius 3 is 2.95 bits per heavy atom. The van der Waals surface area contributed by atoms with E-state index in [1.165, 1.54) is 0 Å². The number of hydrogen-bond acceptors (Lipinski definition) is 5. The molecule has 0 aliphatic carbocycles. The van der Waals surface area contributed by atoms with Crippen LogP contribution in [0.25, 0.3) is 0 Å². The summed E-state index contributed by atoms with van der Waals surface area (Å²) in [7, 11) is -2.93. The summed E-state index contributed by atoms with van der Waals surface area (Å²) in [6, 6.07) is 0. The van der Waals surface area contributed by atoms with Gasteiger partial charge in [0.25, 0.3) is 0 Å². The van der Waals surface area contributed by atoms with E-state index in [0.29, 0.717) is 18.0 Å². The van der Waals surface area contributed by atoms with E-state index >= 15 is 0 Å². The number of rotatable bonds is 2. The zero-order valence-corrected chi connectivity index (χ0v) is 11.6. The fraction of sp³-hybridized carbons (Fsp3) is 0.833. The van der Waals surface area contributed by atoms with Gasteiger partial charge in [-0.05, 0) is 25.2 Å². The van der Waals surface area contributed by atoms with Crippen molar-refractivity contribution < 1.29 is 13.5 Å². The molecule has 1 aromatic heterocycles. The second-order valence-corrected chi connectivity index (χ2v) is 7.83. The molecular formula is C12H19N3O3S. The Bertz CT molecular complexity index is 567. The lowest BCUT2D eigenvalue weighted by Gasteiger charge is -2.19. The lowest BCUT2D eigenvalue weighted by atomic mass is 9.99. The Labute approximate surface area is 112 Å². The van der Waals surface area contributed by atoms with Gasteiger partial charge in [0.2, 0.25) is 0 Å².